The number of ether oxygens (including phenoxy) is 2. The predicted octanol–water partition coefficient (Wildman–Crippen LogP) is 3.23. The van der Waals surface area contributed by atoms with Gasteiger partial charge in [-0.2, -0.15) is 0 Å². The summed E-state index contributed by atoms with van der Waals surface area (Å²) in [6.45, 7) is 13.5. The van der Waals surface area contributed by atoms with Crippen LogP contribution in [0, 0.1) is 0 Å². The highest BCUT2D eigenvalue weighted by Gasteiger charge is 2.32. The Balaban J connectivity index is 2.40. The molecule has 0 aromatic carbocycles. The number of nitrogens with one attached hydrogen (secondary N) is 2. The van der Waals surface area contributed by atoms with Crippen LogP contribution >= 0.6 is 0 Å². The van der Waals surface area contributed by atoms with Crippen molar-refractivity contribution < 1.29 is 14.3 Å². The lowest BCUT2D eigenvalue weighted by Crippen LogP contribution is -2.51. The molecule has 2 N–H and O–H groups in total. The fourth-order valence-corrected chi connectivity index (χ4v) is 2.69. The highest BCUT2D eigenvalue weighted by Crippen LogP contribution is 2.28. The third-order valence-corrected chi connectivity index (χ3v) is 4.20. The molecule has 0 saturated carbocycles. The molecule has 3 unspecified atom stereocenters. The van der Waals surface area contributed by atoms with E-state index >= 15 is 0 Å². The Morgan fingerprint density at radius 3 is 2.64 bits per heavy atom. The van der Waals surface area contributed by atoms with Gasteiger partial charge in [-0.15, -0.1) is 0 Å². The maximum Gasteiger partial charge on any atom is 0.407 e. The zero-order valence-corrected chi connectivity index (χ0v) is 15.1. The van der Waals surface area contributed by atoms with Crippen LogP contribution in [0.3, 0.4) is 0 Å². The zero-order chi connectivity index (χ0) is 16.8. The molecular weight excluding hydrogens is 280 g/mol. The molecular formula is C17H34N2O3. The minimum absolute atomic E-state index is 0.0210. The van der Waals surface area contributed by atoms with Crippen LogP contribution in [0.1, 0.15) is 67.2 Å². The van der Waals surface area contributed by atoms with Crippen LogP contribution in [0.25, 0.3) is 0 Å². The molecule has 5 nitrogen and oxygen atoms in total. The Kier molecular flexibility index (Phi) is 7.13. The number of hydrogen-bond donors (Lipinski definition) is 2. The molecule has 1 aliphatic heterocycles. The average Bonchev–Trinajstić information content (AvgIpc) is 2.41. The molecule has 0 spiro atoms. The van der Waals surface area contributed by atoms with Gasteiger partial charge in [0, 0.05) is 25.2 Å². The topological polar surface area (TPSA) is 59.6 Å². The van der Waals surface area contributed by atoms with Gasteiger partial charge in [-0.1, -0.05) is 13.8 Å². The maximum absolute atomic E-state index is 11.7. The molecule has 0 bridgehead atoms. The molecule has 1 rings (SSSR count). The lowest BCUT2D eigenvalue weighted by molar-refractivity contribution is -0.0791. The Morgan fingerprint density at radius 1 is 1.41 bits per heavy atom. The minimum atomic E-state index is -0.455. The van der Waals surface area contributed by atoms with E-state index in [2.05, 4.69) is 31.4 Å². The van der Waals surface area contributed by atoms with Crippen LogP contribution in [0.15, 0.2) is 0 Å². The summed E-state index contributed by atoms with van der Waals surface area (Å²) in [5.74, 6) is 0. The van der Waals surface area contributed by atoms with E-state index < -0.39 is 5.60 Å². The number of hydrogen-bond acceptors (Lipinski definition) is 4. The number of carbonyl (C=O) groups is 1. The fourth-order valence-electron chi connectivity index (χ4n) is 2.69. The van der Waals surface area contributed by atoms with Gasteiger partial charge in [0.2, 0.25) is 0 Å². The van der Waals surface area contributed by atoms with E-state index in [4.69, 9.17) is 9.47 Å². The van der Waals surface area contributed by atoms with Gasteiger partial charge in [0.05, 0.1) is 5.60 Å². The summed E-state index contributed by atoms with van der Waals surface area (Å²) in [7, 11) is 0. The van der Waals surface area contributed by atoms with Gasteiger partial charge in [-0.3, -0.25) is 0 Å². The Morgan fingerprint density at radius 2 is 2.09 bits per heavy atom. The molecule has 3 atom stereocenters. The van der Waals surface area contributed by atoms with Crippen molar-refractivity contribution in [2.24, 2.45) is 0 Å². The summed E-state index contributed by atoms with van der Waals surface area (Å²) >= 11 is 0. The van der Waals surface area contributed by atoms with E-state index in [0.29, 0.717) is 12.6 Å². The molecule has 1 heterocycles. The third-order valence-electron chi connectivity index (χ3n) is 4.20. The number of alkyl carbamates (subject to hydrolysis) is 1. The largest absolute Gasteiger partial charge is 0.444 e. The summed E-state index contributed by atoms with van der Waals surface area (Å²) in [5.41, 5.74) is -0.477. The molecule has 0 radical (unpaired) electrons. The van der Waals surface area contributed by atoms with Gasteiger partial charge in [0.1, 0.15) is 5.60 Å². The second kappa shape index (κ2) is 8.16. The first-order chi connectivity index (χ1) is 10.2. The number of amides is 1. The normalized spacial score (nSPS) is 27.3. The van der Waals surface area contributed by atoms with Crippen LogP contribution in [-0.4, -0.2) is 42.5 Å². The Bertz CT molecular complexity index is 354. The lowest BCUT2D eigenvalue weighted by Gasteiger charge is -2.39. The van der Waals surface area contributed by atoms with Gasteiger partial charge in [-0.25, -0.2) is 4.79 Å². The first-order valence-electron chi connectivity index (χ1n) is 8.54. The van der Waals surface area contributed by atoms with E-state index in [0.717, 1.165) is 32.3 Å². The van der Waals surface area contributed by atoms with Crippen LogP contribution in [0.2, 0.25) is 0 Å². The monoisotopic (exact) mass is 314 g/mol. The average molecular weight is 314 g/mol. The van der Waals surface area contributed by atoms with E-state index in [1.54, 1.807) is 0 Å². The highest BCUT2D eigenvalue weighted by molar-refractivity contribution is 5.67. The molecule has 1 fully saturated rings. The Labute approximate surface area is 135 Å². The van der Waals surface area contributed by atoms with E-state index in [9.17, 15) is 4.79 Å². The first kappa shape index (κ1) is 19.2. The van der Waals surface area contributed by atoms with Crippen LogP contribution in [-0.2, 0) is 9.47 Å². The van der Waals surface area contributed by atoms with Crippen molar-refractivity contribution in [2.75, 3.05) is 13.2 Å². The van der Waals surface area contributed by atoms with Crippen molar-refractivity contribution in [1.82, 2.24) is 10.6 Å². The fraction of sp³-hybridized carbons (Fsp3) is 0.941. The first-order valence-corrected chi connectivity index (χ1v) is 8.54. The second-order valence-corrected chi connectivity index (χ2v) is 7.50. The van der Waals surface area contributed by atoms with Gasteiger partial charge in [-0.05, 0) is 53.4 Å². The van der Waals surface area contributed by atoms with Gasteiger partial charge in [0.25, 0.3) is 0 Å². The molecule has 130 valence electrons. The van der Waals surface area contributed by atoms with E-state index in [1.807, 2.05) is 20.8 Å². The van der Waals surface area contributed by atoms with Crippen LogP contribution in [0.5, 0.6) is 0 Å². The van der Waals surface area contributed by atoms with E-state index in [1.165, 1.54) is 0 Å². The maximum atomic E-state index is 11.7. The quantitative estimate of drug-likeness (QED) is 0.790. The molecule has 22 heavy (non-hydrogen) atoms. The molecule has 1 amide bonds. The van der Waals surface area contributed by atoms with Gasteiger partial charge in [0.15, 0.2) is 0 Å². The molecule has 1 saturated heterocycles. The van der Waals surface area contributed by atoms with Crippen molar-refractivity contribution in [2.45, 2.75) is 90.5 Å². The minimum Gasteiger partial charge on any atom is -0.444 e. The number of carbonyl (C=O) groups excluding carboxylic acids is 1. The molecule has 0 aromatic heterocycles. The van der Waals surface area contributed by atoms with Crippen molar-refractivity contribution in [3.05, 3.63) is 0 Å². The lowest BCUT2D eigenvalue weighted by atomic mass is 9.89. The SMILES string of the molecule is CCC(CNC(=O)OC(C)(C)C)NC1CCOC(C)(CC)C1. The predicted molar refractivity (Wildman–Crippen MR) is 89.1 cm³/mol. The number of rotatable bonds is 6. The van der Waals surface area contributed by atoms with Crippen molar-refractivity contribution in [3.63, 3.8) is 0 Å². The van der Waals surface area contributed by atoms with Crippen LogP contribution < -0.4 is 10.6 Å². The van der Waals surface area contributed by atoms with Gasteiger partial charge >= 0.3 is 6.09 Å². The van der Waals surface area contributed by atoms with Crippen molar-refractivity contribution in [1.29, 1.82) is 0 Å². The van der Waals surface area contributed by atoms with Crippen molar-refractivity contribution in [3.8, 4) is 0 Å². The van der Waals surface area contributed by atoms with Gasteiger partial charge < -0.3 is 20.1 Å². The molecule has 1 aliphatic rings. The summed E-state index contributed by atoms with van der Waals surface area (Å²) in [5, 5.41) is 6.52. The highest BCUT2D eigenvalue weighted by atomic mass is 16.6. The molecule has 0 aliphatic carbocycles. The summed E-state index contributed by atoms with van der Waals surface area (Å²) in [6.07, 6.45) is 3.69. The van der Waals surface area contributed by atoms with Crippen LogP contribution in [0.4, 0.5) is 4.79 Å². The van der Waals surface area contributed by atoms with E-state index in [-0.39, 0.29) is 17.7 Å². The standard InChI is InChI=1S/C17H34N2O3/c1-7-13(12-18-15(20)22-16(3,4)5)19-14-9-10-21-17(6,8-2)11-14/h13-14,19H,7-12H2,1-6H3,(H,18,20). The summed E-state index contributed by atoms with van der Waals surface area (Å²) < 4.78 is 11.2. The third kappa shape index (κ3) is 6.97. The molecule has 0 aromatic rings. The Hall–Kier alpha value is -0.810. The smallest absolute Gasteiger partial charge is 0.407 e. The zero-order valence-electron chi connectivity index (χ0n) is 15.1. The summed E-state index contributed by atoms with van der Waals surface area (Å²) in [4.78, 5) is 11.7. The summed E-state index contributed by atoms with van der Waals surface area (Å²) in [6, 6.07) is 0.709. The van der Waals surface area contributed by atoms with Crippen molar-refractivity contribution >= 4 is 6.09 Å². The molecule has 5 heteroatoms. The second-order valence-electron chi connectivity index (χ2n) is 7.50.